The molecule has 0 aliphatic carbocycles. The Labute approximate surface area is 164 Å². The average molecular weight is 388 g/mol. The minimum absolute atomic E-state index is 0.0629. The van der Waals surface area contributed by atoms with Crippen LogP contribution in [0.5, 0.6) is 0 Å². The van der Waals surface area contributed by atoms with Gasteiger partial charge < -0.3 is 5.32 Å². The fraction of sp³-hybridized carbons (Fsp3) is 0.100. The molecule has 0 atom stereocenters. The Balaban J connectivity index is 1.63. The van der Waals surface area contributed by atoms with Gasteiger partial charge in [0.05, 0.1) is 23.5 Å². The van der Waals surface area contributed by atoms with E-state index >= 15 is 0 Å². The summed E-state index contributed by atoms with van der Waals surface area (Å²) in [5.41, 5.74) is 0.484. The highest BCUT2D eigenvalue weighted by atomic mass is 16.2. The molecule has 0 saturated heterocycles. The lowest BCUT2D eigenvalue weighted by molar-refractivity contribution is 0.102. The van der Waals surface area contributed by atoms with Gasteiger partial charge in [-0.3, -0.25) is 18.7 Å². The van der Waals surface area contributed by atoms with Crippen LogP contribution in [0.1, 0.15) is 10.5 Å². The average Bonchev–Trinajstić information content (AvgIpc) is 2.77. The number of pyridine rings is 1. The maximum absolute atomic E-state index is 12.6. The summed E-state index contributed by atoms with van der Waals surface area (Å²) >= 11 is 0. The minimum Gasteiger partial charge on any atom is -0.318 e. The van der Waals surface area contributed by atoms with Gasteiger partial charge in [-0.2, -0.15) is 0 Å². The summed E-state index contributed by atoms with van der Waals surface area (Å²) in [6.45, 7) is 0. The number of carbonyl (C=O) groups is 1. The molecule has 9 heteroatoms. The van der Waals surface area contributed by atoms with Crippen molar-refractivity contribution in [2.45, 2.75) is 0 Å². The Morgan fingerprint density at radius 3 is 2.31 bits per heavy atom. The fourth-order valence-electron chi connectivity index (χ4n) is 2.90. The number of rotatable bonds is 3. The van der Waals surface area contributed by atoms with Gasteiger partial charge in [-0.25, -0.2) is 19.7 Å². The van der Waals surface area contributed by atoms with Gasteiger partial charge in [-0.15, -0.1) is 0 Å². The van der Waals surface area contributed by atoms with Crippen LogP contribution in [-0.4, -0.2) is 30.0 Å². The van der Waals surface area contributed by atoms with Crippen LogP contribution in [0.15, 0.2) is 64.4 Å². The van der Waals surface area contributed by atoms with Crippen LogP contribution < -0.4 is 16.6 Å². The number of fused-ring (bicyclic) bond motifs is 1. The van der Waals surface area contributed by atoms with E-state index in [2.05, 4.69) is 20.3 Å². The SMILES string of the molecule is Cn1c(=O)c2ccc(C(=O)Nc3cnc(-c4ccccc4)nc3)nc2n(C)c1=O. The van der Waals surface area contributed by atoms with E-state index < -0.39 is 17.2 Å². The molecule has 0 aliphatic rings. The number of benzene rings is 1. The normalized spacial score (nSPS) is 10.8. The number of anilines is 1. The largest absolute Gasteiger partial charge is 0.332 e. The lowest BCUT2D eigenvalue weighted by atomic mass is 10.2. The zero-order valence-electron chi connectivity index (χ0n) is 15.7. The van der Waals surface area contributed by atoms with E-state index in [1.165, 1.54) is 43.2 Å². The zero-order valence-corrected chi connectivity index (χ0v) is 15.7. The van der Waals surface area contributed by atoms with Crippen LogP contribution in [0.2, 0.25) is 0 Å². The molecule has 29 heavy (non-hydrogen) atoms. The Kier molecular flexibility index (Phi) is 4.47. The lowest BCUT2D eigenvalue weighted by Gasteiger charge is -2.09. The number of aryl methyl sites for hydroxylation is 1. The lowest BCUT2D eigenvalue weighted by Crippen LogP contribution is -2.37. The summed E-state index contributed by atoms with van der Waals surface area (Å²) in [4.78, 5) is 49.6. The van der Waals surface area contributed by atoms with Crippen molar-refractivity contribution < 1.29 is 4.79 Å². The predicted molar refractivity (Wildman–Crippen MR) is 108 cm³/mol. The van der Waals surface area contributed by atoms with E-state index in [-0.39, 0.29) is 16.7 Å². The molecule has 3 aromatic heterocycles. The number of carbonyl (C=O) groups excluding carboxylic acids is 1. The van der Waals surface area contributed by atoms with Crippen LogP contribution in [0.25, 0.3) is 22.4 Å². The monoisotopic (exact) mass is 388 g/mol. The molecule has 0 spiro atoms. The van der Waals surface area contributed by atoms with Crippen LogP contribution >= 0.6 is 0 Å². The van der Waals surface area contributed by atoms with Gasteiger partial charge in [0.15, 0.2) is 5.82 Å². The molecule has 1 N–H and O–H groups in total. The molecule has 9 nitrogen and oxygen atoms in total. The molecule has 0 radical (unpaired) electrons. The van der Waals surface area contributed by atoms with Gasteiger partial charge in [0.2, 0.25) is 0 Å². The van der Waals surface area contributed by atoms with Gasteiger partial charge in [0.25, 0.3) is 11.5 Å². The highest BCUT2D eigenvalue weighted by Crippen LogP contribution is 2.15. The fourth-order valence-corrected chi connectivity index (χ4v) is 2.90. The van der Waals surface area contributed by atoms with Crippen molar-refractivity contribution in [3.63, 3.8) is 0 Å². The molecule has 1 aromatic carbocycles. The Morgan fingerprint density at radius 1 is 0.931 bits per heavy atom. The molecule has 1 amide bonds. The summed E-state index contributed by atoms with van der Waals surface area (Å²) in [5.74, 6) is 0.0364. The summed E-state index contributed by atoms with van der Waals surface area (Å²) in [5, 5.41) is 2.92. The summed E-state index contributed by atoms with van der Waals surface area (Å²) in [7, 11) is 2.89. The quantitative estimate of drug-likeness (QED) is 0.567. The summed E-state index contributed by atoms with van der Waals surface area (Å²) < 4.78 is 2.22. The highest BCUT2D eigenvalue weighted by molar-refractivity contribution is 6.03. The van der Waals surface area contributed by atoms with E-state index in [0.29, 0.717) is 11.5 Å². The third-order valence-electron chi connectivity index (χ3n) is 4.48. The van der Waals surface area contributed by atoms with Crippen LogP contribution in [0.4, 0.5) is 5.69 Å². The molecule has 144 valence electrons. The van der Waals surface area contributed by atoms with Crippen LogP contribution in [0, 0.1) is 0 Å². The molecule has 0 unspecified atom stereocenters. The van der Waals surface area contributed by atoms with Crippen molar-refractivity contribution in [2.24, 2.45) is 14.1 Å². The molecule has 3 heterocycles. The third kappa shape index (κ3) is 3.29. The standard InChI is InChI=1S/C20H16N6O3/c1-25-17-14(19(28)26(2)20(25)29)8-9-15(24-17)18(27)23-13-10-21-16(22-11-13)12-6-4-3-5-7-12/h3-11H,1-2H3,(H,23,27). The first-order valence-corrected chi connectivity index (χ1v) is 8.71. The van der Waals surface area contributed by atoms with E-state index in [9.17, 15) is 14.4 Å². The first-order chi connectivity index (χ1) is 14.0. The molecule has 0 saturated carbocycles. The van der Waals surface area contributed by atoms with Crippen molar-refractivity contribution in [3.8, 4) is 11.4 Å². The second-order valence-electron chi connectivity index (χ2n) is 6.39. The van der Waals surface area contributed by atoms with Gasteiger partial charge in [0, 0.05) is 19.7 Å². The Hall–Kier alpha value is -4.14. The first-order valence-electron chi connectivity index (χ1n) is 8.71. The molecule has 0 bridgehead atoms. The van der Waals surface area contributed by atoms with E-state index in [0.717, 1.165) is 10.1 Å². The number of amides is 1. The van der Waals surface area contributed by atoms with Crippen molar-refractivity contribution in [2.75, 3.05) is 5.32 Å². The number of aromatic nitrogens is 5. The smallest absolute Gasteiger partial charge is 0.318 e. The maximum atomic E-state index is 12.6. The van der Waals surface area contributed by atoms with Gasteiger partial charge in [0.1, 0.15) is 11.3 Å². The molecular formula is C20H16N6O3. The van der Waals surface area contributed by atoms with Crippen molar-refractivity contribution >= 4 is 22.6 Å². The molecule has 4 rings (SSSR count). The second kappa shape index (κ2) is 7.12. The van der Waals surface area contributed by atoms with Gasteiger partial charge >= 0.3 is 5.69 Å². The zero-order chi connectivity index (χ0) is 20.5. The van der Waals surface area contributed by atoms with Crippen molar-refractivity contribution in [1.29, 1.82) is 0 Å². The minimum atomic E-state index is -0.516. The van der Waals surface area contributed by atoms with E-state index in [1.807, 2.05) is 30.3 Å². The predicted octanol–water partition coefficient (Wildman–Crippen LogP) is 1.34. The Morgan fingerprint density at radius 2 is 1.62 bits per heavy atom. The number of hydrogen-bond acceptors (Lipinski definition) is 6. The molecule has 0 aliphatic heterocycles. The molecule has 0 fully saturated rings. The highest BCUT2D eigenvalue weighted by Gasteiger charge is 2.14. The summed E-state index contributed by atoms with van der Waals surface area (Å²) in [6, 6.07) is 12.4. The van der Waals surface area contributed by atoms with E-state index in [4.69, 9.17) is 0 Å². The molecule has 4 aromatic rings. The van der Waals surface area contributed by atoms with Crippen molar-refractivity contribution in [1.82, 2.24) is 24.1 Å². The van der Waals surface area contributed by atoms with Crippen LogP contribution in [0.3, 0.4) is 0 Å². The first kappa shape index (κ1) is 18.2. The van der Waals surface area contributed by atoms with Crippen molar-refractivity contribution in [3.05, 3.63) is 81.4 Å². The van der Waals surface area contributed by atoms with E-state index in [1.54, 1.807) is 0 Å². The third-order valence-corrected chi connectivity index (χ3v) is 4.48. The second-order valence-corrected chi connectivity index (χ2v) is 6.39. The topological polar surface area (TPSA) is 112 Å². The van der Waals surface area contributed by atoms with Gasteiger partial charge in [-0.1, -0.05) is 30.3 Å². The van der Waals surface area contributed by atoms with Crippen LogP contribution in [-0.2, 0) is 14.1 Å². The Bertz CT molecular complexity index is 1340. The van der Waals surface area contributed by atoms with Gasteiger partial charge in [-0.05, 0) is 12.1 Å². The maximum Gasteiger partial charge on any atom is 0.332 e. The summed E-state index contributed by atoms with van der Waals surface area (Å²) in [6.07, 6.45) is 3.00. The number of nitrogens with zero attached hydrogens (tertiary/aromatic N) is 5. The molecular weight excluding hydrogens is 372 g/mol. The number of hydrogen-bond donors (Lipinski definition) is 1. The number of nitrogens with one attached hydrogen (secondary N) is 1.